The predicted octanol–water partition coefficient (Wildman–Crippen LogP) is 2.86. The van der Waals surface area contributed by atoms with Gasteiger partial charge in [0.1, 0.15) is 0 Å². The highest BCUT2D eigenvalue weighted by Gasteiger charge is 2.38. The minimum Gasteiger partial charge on any atom is -0.490 e. The number of likely N-dealkylation sites (tertiary alicyclic amines) is 1. The number of nitrogens with one attached hydrogen (secondary N) is 1. The van der Waals surface area contributed by atoms with E-state index in [0.717, 1.165) is 39.0 Å². The number of carbonyl (C=O) groups is 1. The molecule has 2 aliphatic rings. The molecule has 4 nitrogen and oxygen atoms in total. The molecule has 1 N–H and O–H groups in total. The van der Waals surface area contributed by atoms with Crippen molar-refractivity contribution in [2.75, 3.05) is 32.8 Å². The van der Waals surface area contributed by atoms with Crippen LogP contribution in [-0.2, 0) is 0 Å². The van der Waals surface area contributed by atoms with Crippen LogP contribution in [0.4, 0.5) is 4.39 Å². The van der Waals surface area contributed by atoms with Gasteiger partial charge in [0.15, 0.2) is 11.6 Å². The molecule has 2 fully saturated rings. The lowest BCUT2D eigenvalue weighted by Crippen LogP contribution is -2.44. The van der Waals surface area contributed by atoms with Crippen LogP contribution in [0.25, 0.3) is 0 Å². The number of nitrogens with zero attached hydrogens (tertiary/aromatic N) is 1. The van der Waals surface area contributed by atoms with E-state index in [2.05, 4.69) is 5.32 Å². The van der Waals surface area contributed by atoms with Gasteiger partial charge in [-0.1, -0.05) is 6.07 Å². The summed E-state index contributed by atoms with van der Waals surface area (Å²) in [6.45, 7) is 5.74. The van der Waals surface area contributed by atoms with Crippen molar-refractivity contribution in [3.05, 3.63) is 29.6 Å². The highest BCUT2D eigenvalue weighted by atomic mass is 35.5. The Hall–Kier alpha value is -1.33. The van der Waals surface area contributed by atoms with Crippen LogP contribution < -0.4 is 10.1 Å². The van der Waals surface area contributed by atoms with E-state index in [1.165, 1.54) is 12.5 Å². The quantitative estimate of drug-likeness (QED) is 0.918. The molecule has 1 aromatic carbocycles. The van der Waals surface area contributed by atoms with Gasteiger partial charge in [0.2, 0.25) is 0 Å². The van der Waals surface area contributed by atoms with Gasteiger partial charge >= 0.3 is 0 Å². The molecule has 0 aromatic heterocycles. The molecule has 0 aliphatic carbocycles. The topological polar surface area (TPSA) is 41.6 Å². The van der Waals surface area contributed by atoms with Gasteiger partial charge in [-0.25, -0.2) is 4.39 Å². The van der Waals surface area contributed by atoms with E-state index in [-0.39, 0.29) is 24.1 Å². The smallest absolute Gasteiger partial charge is 0.257 e. The summed E-state index contributed by atoms with van der Waals surface area (Å²) >= 11 is 0. The third kappa shape index (κ3) is 3.61. The Morgan fingerprint density at radius 3 is 2.70 bits per heavy atom. The summed E-state index contributed by atoms with van der Waals surface area (Å²) in [5.41, 5.74) is 0.698. The fourth-order valence-electron chi connectivity index (χ4n) is 3.55. The van der Waals surface area contributed by atoms with Crippen LogP contribution >= 0.6 is 12.4 Å². The molecule has 2 aliphatic heterocycles. The molecule has 1 amide bonds. The first-order valence-electron chi connectivity index (χ1n) is 8.06. The van der Waals surface area contributed by atoms with E-state index in [4.69, 9.17) is 4.74 Å². The fraction of sp³-hybridized carbons (Fsp3) is 0.588. The number of halogens is 2. The second-order valence-corrected chi connectivity index (χ2v) is 6.27. The number of carbonyl (C=O) groups excluding carboxylic acids is 1. The van der Waals surface area contributed by atoms with Crippen molar-refractivity contribution in [3.8, 4) is 5.75 Å². The highest BCUT2D eigenvalue weighted by molar-refractivity contribution is 5.97. The first kappa shape index (κ1) is 18.0. The van der Waals surface area contributed by atoms with Crippen LogP contribution in [0.2, 0.25) is 0 Å². The van der Waals surface area contributed by atoms with Crippen LogP contribution in [0.1, 0.15) is 36.5 Å². The van der Waals surface area contributed by atoms with Gasteiger partial charge in [-0.05, 0) is 50.3 Å². The first-order chi connectivity index (χ1) is 10.7. The number of ether oxygens (including phenoxy) is 1. The Kier molecular flexibility index (Phi) is 5.87. The summed E-state index contributed by atoms with van der Waals surface area (Å²) in [4.78, 5) is 14.5. The van der Waals surface area contributed by atoms with E-state index in [1.54, 1.807) is 19.1 Å². The maximum atomic E-state index is 13.9. The number of hydrogen-bond donors (Lipinski definition) is 1. The van der Waals surface area contributed by atoms with Gasteiger partial charge in [0.05, 0.1) is 12.2 Å². The number of hydrogen-bond acceptors (Lipinski definition) is 3. The maximum Gasteiger partial charge on any atom is 0.257 e. The summed E-state index contributed by atoms with van der Waals surface area (Å²) in [5.74, 6) is -0.511. The molecular formula is C17H24ClFN2O2. The molecule has 3 rings (SSSR count). The molecule has 0 bridgehead atoms. The van der Waals surface area contributed by atoms with Crippen molar-refractivity contribution < 1.29 is 13.9 Å². The number of para-hydroxylation sites is 1. The first-order valence-corrected chi connectivity index (χ1v) is 8.06. The molecule has 1 spiro atoms. The molecule has 0 saturated carbocycles. The molecule has 0 unspecified atom stereocenters. The third-order valence-electron chi connectivity index (χ3n) is 4.93. The van der Waals surface area contributed by atoms with Crippen molar-refractivity contribution in [3.63, 3.8) is 0 Å². The molecular weight excluding hydrogens is 319 g/mol. The van der Waals surface area contributed by atoms with Crippen LogP contribution in [0.3, 0.4) is 0 Å². The minimum absolute atomic E-state index is 0. The van der Waals surface area contributed by atoms with Gasteiger partial charge in [-0.15, -0.1) is 12.4 Å². The number of rotatable bonds is 3. The third-order valence-corrected chi connectivity index (χ3v) is 4.93. The van der Waals surface area contributed by atoms with E-state index in [0.29, 0.717) is 17.6 Å². The Morgan fingerprint density at radius 2 is 2.09 bits per heavy atom. The normalized spacial score (nSPS) is 19.5. The van der Waals surface area contributed by atoms with Crippen LogP contribution in [0.15, 0.2) is 18.2 Å². The van der Waals surface area contributed by atoms with E-state index in [9.17, 15) is 9.18 Å². The van der Waals surface area contributed by atoms with Crippen LogP contribution in [-0.4, -0.2) is 43.6 Å². The second kappa shape index (κ2) is 7.49. The Morgan fingerprint density at radius 1 is 1.35 bits per heavy atom. The SMILES string of the molecule is CCOc1c(F)cccc1C(=O)N1CCC2(CCNC2)CC1.Cl. The average Bonchev–Trinajstić information content (AvgIpc) is 2.98. The summed E-state index contributed by atoms with van der Waals surface area (Å²) in [6, 6.07) is 4.55. The summed E-state index contributed by atoms with van der Waals surface area (Å²) in [7, 11) is 0. The molecule has 6 heteroatoms. The van der Waals surface area contributed by atoms with Crippen molar-refractivity contribution in [2.45, 2.75) is 26.2 Å². The maximum absolute atomic E-state index is 13.9. The van der Waals surface area contributed by atoms with Crippen molar-refractivity contribution in [1.82, 2.24) is 10.2 Å². The lowest BCUT2D eigenvalue weighted by atomic mass is 9.78. The summed E-state index contributed by atoms with van der Waals surface area (Å²) in [6.07, 6.45) is 3.23. The number of amides is 1. The second-order valence-electron chi connectivity index (χ2n) is 6.27. The zero-order chi connectivity index (χ0) is 15.6. The summed E-state index contributed by atoms with van der Waals surface area (Å²) in [5, 5.41) is 3.42. The zero-order valence-electron chi connectivity index (χ0n) is 13.4. The zero-order valence-corrected chi connectivity index (χ0v) is 14.3. The molecule has 0 radical (unpaired) electrons. The Labute approximate surface area is 142 Å². The fourth-order valence-corrected chi connectivity index (χ4v) is 3.55. The number of benzene rings is 1. The van der Waals surface area contributed by atoms with E-state index in [1.807, 2.05) is 4.90 Å². The Bertz CT molecular complexity index is 552. The molecule has 1 aromatic rings. The lowest BCUT2D eigenvalue weighted by Gasteiger charge is -2.39. The van der Waals surface area contributed by atoms with Crippen molar-refractivity contribution in [2.24, 2.45) is 5.41 Å². The van der Waals surface area contributed by atoms with Gasteiger partial charge < -0.3 is 15.0 Å². The lowest BCUT2D eigenvalue weighted by molar-refractivity contribution is 0.0603. The minimum atomic E-state index is -0.471. The van der Waals surface area contributed by atoms with Gasteiger partial charge in [0, 0.05) is 19.6 Å². The molecule has 2 saturated heterocycles. The highest BCUT2D eigenvalue weighted by Crippen LogP contribution is 2.37. The monoisotopic (exact) mass is 342 g/mol. The average molecular weight is 343 g/mol. The molecule has 128 valence electrons. The van der Waals surface area contributed by atoms with E-state index < -0.39 is 5.82 Å². The van der Waals surface area contributed by atoms with Crippen molar-refractivity contribution in [1.29, 1.82) is 0 Å². The van der Waals surface area contributed by atoms with E-state index >= 15 is 0 Å². The van der Waals surface area contributed by atoms with Crippen molar-refractivity contribution >= 4 is 18.3 Å². The largest absolute Gasteiger partial charge is 0.490 e. The van der Waals surface area contributed by atoms with Crippen LogP contribution in [0.5, 0.6) is 5.75 Å². The molecule has 0 atom stereocenters. The van der Waals surface area contributed by atoms with Gasteiger partial charge in [-0.3, -0.25) is 4.79 Å². The van der Waals surface area contributed by atoms with Crippen LogP contribution in [0, 0.1) is 11.2 Å². The van der Waals surface area contributed by atoms with Gasteiger partial charge in [-0.2, -0.15) is 0 Å². The molecule has 23 heavy (non-hydrogen) atoms. The number of piperidine rings is 1. The standard InChI is InChI=1S/C17H23FN2O2.ClH/c1-2-22-15-13(4-3-5-14(15)18)16(21)20-10-7-17(8-11-20)6-9-19-12-17;/h3-5,19H,2,6-12H2,1H3;1H. The predicted molar refractivity (Wildman–Crippen MR) is 89.9 cm³/mol. The van der Waals surface area contributed by atoms with Gasteiger partial charge in [0.25, 0.3) is 5.91 Å². The Balaban J connectivity index is 0.00000192. The summed E-state index contributed by atoms with van der Waals surface area (Å²) < 4.78 is 19.2. The molecule has 2 heterocycles.